The lowest BCUT2D eigenvalue weighted by molar-refractivity contribution is 0.351. The van der Waals surface area contributed by atoms with Crippen LogP contribution >= 0.6 is 0 Å². The van der Waals surface area contributed by atoms with E-state index in [-0.39, 0.29) is 34.1 Å². The Balaban J connectivity index is 1.22. The van der Waals surface area contributed by atoms with Crippen LogP contribution in [0.25, 0.3) is 75.4 Å². The van der Waals surface area contributed by atoms with Gasteiger partial charge in [-0.2, -0.15) is 0 Å². The third kappa shape index (κ3) is 13.2. The average Bonchev–Trinajstić information content (AvgIpc) is 3.98. The molecule has 0 N–H and O–H groups in total. The van der Waals surface area contributed by atoms with Gasteiger partial charge in [0.1, 0.15) is 0 Å². The molecule has 8 rings (SSSR count). The highest BCUT2D eigenvalue weighted by atomic mass is 16.2. The Morgan fingerprint density at radius 1 is 0.263 bits per heavy atom. The number of unbranched alkanes of at least 4 members (excludes halogenated alkanes) is 24. The lowest BCUT2D eigenvalue weighted by Crippen LogP contribution is -2.29. The molecule has 0 aliphatic heterocycles. The molecule has 0 aliphatic rings. The zero-order chi connectivity index (χ0) is 53.2. The predicted molar refractivity (Wildman–Crippen MR) is 330 cm³/mol. The molecule has 2 unspecified atom stereocenters. The molecule has 2 aromatic heterocycles. The highest BCUT2D eigenvalue weighted by Crippen LogP contribution is 2.42. The molecule has 0 saturated carbocycles. The van der Waals surface area contributed by atoms with Gasteiger partial charge in [0.25, 0.3) is 22.2 Å². The van der Waals surface area contributed by atoms with Crippen molar-refractivity contribution in [3.63, 3.8) is 0 Å². The molecule has 76 heavy (non-hydrogen) atoms. The lowest BCUT2D eigenvalue weighted by atomic mass is 9.88. The minimum atomic E-state index is -0.207. The summed E-state index contributed by atoms with van der Waals surface area (Å²) >= 11 is 0. The van der Waals surface area contributed by atoms with Crippen LogP contribution in [0.1, 0.15) is 233 Å². The van der Waals surface area contributed by atoms with Crippen molar-refractivity contribution in [3.05, 3.63) is 114 Å². The van der Waals surface area contributed by atoms with Crippen molar-refractivity contribution in [1.82, 2.24) is 9.13 Å². The van der Waals surface area contributed by atoms with Gasteiger partial charge >= 0.3 is 0 Å². The molecule has 6 nitrogen and oxygen atoms in total. The summed E-state index contributed by atoms with van der Waals surface area (Å²) in [5.74, 6) is 0.500. The summed E-state index contributed by atoms with van der Waals surface area (Å²) in [6.07, 6.45) is 38.8. The van der Waals surface area contributed by atoms with Crippen LogP contribution in [-0.2, 0) is 13.1 Å². The molecule has 8 aromatic rings. The molecule has 0 spiro atoms. The fourth-order valence-electron chi connectivity index (χ4n) is 13.4. The fourth-order valence-corrected chi connectivity index (χ4v) is 13.4. The largest absolute Gasteiger partial charge is 0.274 e. The van der Waals surface area contributed by atoms with Crippen molar-refractivity contribution >= 4 is 75.4 Å². The monoisotopic (exact) mass is 1030 g/mol. The summed E-state index contributed by atoms with van der Waals surface area (Å²) in [6, 6.07) is 24.6. The molecule has 6 aromatic carbocycles. The van der Waals surface area contributed by atoms with Gasteiger partial charge in [0, 0.05) is 23.9 Å². The highest BCUT2D eigenvalue weighted by Gasteiger charge is 2.27. The summed E-state index contributed by atoms with van der Waals surface area (Å²) in [5, 5.41) is 10.5. The van der Waals surface area contributed by atoms with Crippen molar-refractivity contribution in [2.75, 3.05) is 0 Å². The molecule has 0 bridgehead atoms. The molecule has 0 radical (unpaired) electrons. The van der Waals surface area contributed by atoms with E-state index >= 15 is 19.2 Å². The topological polar surface area (TPSA) is 78.1 Å². The van der Waals surface area contributed by atoms with Gasteiger partial charge < -0.3 is 0 Å². The summed E-state index contributed by atoms with van der Waals surface area (Å²) in [7, 11) is 0. The number of hydrogen-bond acceptors (Lipinski definition) is 4. The maximum atomic E-state index is 15.4. The summed E-state index contributed by atoms with van der Waals surface area (Å²) < 4.78 is 3.20. The first-order valence-electron chi connectivity index (χ1n) is 31.3. The van der Waals surface area contributed by atoms with Crippen LogP contribution in [0.15, 0.2) is 92.0 Å². The molecule has 2 atom stereocenters. The number of rotatable bonds is 36. The van der Waals surface area contributed by atoms with E-state index in [0.717, 1.165) is 105 Å². The van der Waals surface area contributed by atoms with Crippen molar-refractivity contribution in [1.29, 1.82) is 0 Å². The van der Waals surface area contributed by atoms with E-state index < -0.39 is 0 Å². The van der Waals surface area contributed by atoms with Gasteiger partial charge in [0.05, 0.1) is 21.5 Å². The molecular weight excluding hydrogens is 933 g/mol. The van der Waals surface area contributed by atoms with E-state index in [1.807, 2.05) is 36.4 Å². The summed E-state index contributed by atoms with van der Waals surface area (Å²) in [4.78, 5) is 60.9. The van der Waals surface area contributed by atoms with E-state index in [4.69, 9.17) is 0 Å². The van der Waals surface area contributed by atoms with Crippen LogP contribution in [0.3, 0.4) is 0 Å². The molecule has 0 saturated heterocycles. The first kappa shape index (κ1) is 57.1. The Morgan fingerprint density at radius 3 is 0.776 bits per heavy atom. The zero-order valence-corrected chi connectivity index (χ0v) is 47.7. The number of nitrogens with zero attached hydrogens (tertiary/aromatic N) is 2. The smallest absolute Gasteiger partial charge is 0.262 e. The fraction of sp³-hybridized carbons (Fsp3) is 0.571. The maximum Gasteiger partial charge on any atom is 0.262 e. The quantitative estimate of drug-likeness (QED) is 0.0290. The first-order chi connectivity index (χ1) is 37.3. The maximum absolute atomic E-state index is 15.4. The van der Waals surface area contributed by atoms with Crippen molar-refractivity contribution in [2.45, 2.75) is 246 Å². The van der Waals surface area contributed by atoms with Gasteiger partial charge in [-0.1, -0.05) is 280 Å². The van der Waals surface area contributed by atoms with Crippen molar-refractivity contribution in [2.24, 2.45) is 11.8 Å². The van der Waals surface area contributed by atoms with E-state index in [9.17, 15) is 0 Å². The average molecular weight is 1030 g/mol. The third-order valence-corrected chi connectivity index (χ3v) is 17.8. The van der Waals surface area contributed by atoms with E-state index in [1.54, 1.807) is 9.13 Å². The van der Waals surface area contributed by atoms with E-state index in [2.05, 4.69) is 64.1 Å². The Hall–Kier alpha value is -5.10. The minimum absolute atomic E-state index is 0.189. The molecule has 2 heterocycles. The predicted octanol–water partition coefficient (Wildman–Crippen LogP) is 19.5. The first-order valence-corrected chi connectivity index (χ1v) is 31.3. The lowest BCUT2D eigenvalue weighted by Gasteiger charge is -2.17. The molecule has 408 valence electrons. The van der Waals surface area contributed by atoms with Crippen LogP contribution < -0.4 is 22.2 Å². The van der Waals surface area contributed by atoms with Gasteiger partial charge in [-0.05, 0) is 80.6 Å². The second-order valence-corrected chi connectivity index (χ2v) is 23.5. The Kier molecular flexibility index (Phi) is 21.8. The third-order valence-electron chi connectivity index (χ3n) is 17.8. The molecule has 6 heteroatoms. The highest BCUT2D eigenvalue weighted by molar-refractivity contribution is 6.37. The second kappa shape index (κ2) is 29.0. The molecule has 0 aliphatic carbocycles. The van der Waals surface area contributed by atoms with Crippen molar-refractivity contribution in [3.8, 4) is 0 Å². The van der Waals surface area contributed by atoms with Gasteiger partial charge in [-0.25, -0.2) is 0 Å². The van der Waals surface area contributed by atoms with Crippen LogP contribution in [0.2, 0.25) is 0 Å². The van der Waals surface area contributed by atoms with Crippen LogP contribution in [-0.4, -0.2) is 9.13 Å². The Labute approximate surface area is 454 Å². The SMILES string of the molecule is CCCCCCCCCCC(CCCCCCCC)Cn1c(=O)c2c3ccccc3c3ccc4c(ccc5c6ccccc6c6c(=O)n(CC(CCCCCCCC)CCCCCCCCCC)c(=O)c6c54)c3c2c1=O. The van der Waals surface area contributed by atoms with Gasteiger partial charge in [0.15, 0.2) is 0 Å². The zero-order valence-electron chi connectivity index (χ0n) is 47.7. The normalized spacial score (nSPS) is 13.1. The Morgan fingerprint density at radius 2 is 0.487 bits per heavy atom. The molecule has 0 amide bonds. The van der Waals surface area contributed by atoms with Crippen molar-refractivity contribution < 1.29 is 0 Å². The van der Waals surface area contributed by atoms with E-state index in [1.165, 1.54) is 154 Å². The number of fused-ring (bicyclic) bond motifs is 15. The van der Waals surface area contributed by atoms with Gasteiger partial charge in [-0.3, -0.25) is 28.3 Å². The summed E-state index contributed by atoms with van der Waals surface area (Å²) in [5.41, 5.74) is -0.793. The minimum Gasteiger partial charge on any atom is -0.274 e. The number of benzene rings is 6. The van der Waals surface area contributed by atoms with Crippen LogP contribution in [0.5, 0.6) is 0 Å². The van der Waals surface area contributed by atoms with E-state index in [0.29, 0.717) is 34.6 Å². The second-order valence-electron chi connectivity index (χ2n) is 23.5. The number of aromatic nitrogens is 2. The molecular formula is C70H94N2O4. The van der Waals surface area contributed by atoms with Crippen LogP contribution in [0.4, 0.5) is 0 Å². The van der Waals surface area contributed by atoms with Crippen LogP contribution in [0, 0.1) is 11.8 Å². The number of hydrogen-bond donors (Lipinski definition) is 0. The summed E-state index contributed by atoms with van der Waals surface area (Å²) in [6.45, 7) is 9.93. The Bertz CT molecular complexity index is 3120. The van der Waals surface area contributed by atoms with Gasteiger partial charge in [0.2, 0.25) is 0 Å². The molecule has 0 fully saturated rings. The standard InChI is InChI=1S/C70H94N2O4/c1-5-9-13-17-21-23-27-31-39-51(37-29-25-19-15-11-7-3)49-71-67(73)63-55-43-35-33-41-53(55)57-45-48-60-59(61(57)65(63)69(71)75)47-46-58-54-42-34-36-44-56(54)64-66(62(58)60)70(76)72(68(64)74)50-52(38-30-26-20-16-12-8-4)40-32-28-24-22-18-14-10-6-2/h33-36,41-48,51-52H,5-32,37-40,49-50H2,1-4H3. The van der Waals surface area contributed by atoms with Gasteiger partial charge in [-0.15, -0.1) is 0 Å².